The van der Waals surface area contributed by atoms with Gasteiger partial charge in [0.25, 0.3) is 0 Å². The van der Waals surface area contributed by atoms with Crippen LogP contribution in [0.3, 0.4) is 0 Å². The van der Waals surface area contributed by atoms with E-state index in [2.05, 4.69) is 5.32 Å². The second kappa shape index (κ2) is 3.74. The van der Waals surface area contributed by atoms with Gasteiger partial charge in [0, 0.05) is 12.1 Å². The van der Waals surface area contributed by atoms with E-state index in [0.29, 0.717) is 5.54 Å². The second-order valence-electron chi connectivity index (χ2n) is 6.06. The molecule has 0 aromatic carbocycles. The Bertz CT molecular complexity index is 209. The zero-order valence-electron chi connectivity index (χ0n) is 9.67. The normalized spacial score (nSPS) is 29.2. The summed E-state index contributed by atoms with van der Waals surface area (Å²) in [6, 6.07) is 0. The van der Waals surface area contributed by atoms with Crippen LogP contribution < -0.4 is 11.1 Å². The van der Waals surface area contributed by atoms with Gasteiger partial charge in [0.05, 0.1) is 0 Å². The second-order valence-corrected chi connectivity index (χ2v) is 6.06. The Labute approximate surface area is 93.0 Å². The lowest BCUT2D eigenvalue weighted by Crippen LogP contribution is -2.57. The van der Waals surface area contributed by atoms with Crippen molar-refractivity contribution in [3.63, 3.8) is 0 Å². The Morgan fingerprint density at radius 2 is 1.73 bits per heavy atom. The molecule has 0 aliphatic heterocycles. The van der Waals surface area contributed by atoms with E-state index in [0.717, 1.165) is 24.3 Å². The predicted molar refractivity (Wildman–Crippen MR) is 62.6 cm³/mol. The van der Waals surface area contributed by atoms with Gasteiger partial charge in [-0.25, -0.2) is 0 Å². The van der Waals surface area contributed by atoms with Crippen LogP contribution in [-0.2, 0) is 0 Å². The van der Waals surface area contributed by atoms with E-state index < -0.39 is 0 Å². The first-order chi connectivity index (χ1) is 7.33. The Morgan fingerprint density at radius 1 is 1.13 bits per heavy atom. The van der Waals surface area contributed by atoms with E-state index in [-0.39, 0.29) is 0 Å². The van der Waals surface area contributed by atoms with Gasteiger partial charge in [0.15, 0.2) is 0 Å². The van der Waals surface area contributed by atoms with Crippen LogP contribution >= 0.6 is 0 Å². The van der Waals surface area contributed by atoms with Crippen molar-refractivity contribution >= 4 is 0 Å². The van der Waals surface area contributed by atoms with Gasteiger partial charge in [0.1, 0.15) is 0 Å². The van der Waals surface area contributed by atoms with Crippen molar-refractivity contribution in [2.24, 2.45) is 23.5 Å². The molecule has 2 nitrogen and oxygen atoms in total. The molecule has 15 heavy (non-hydrogen) atoms. The average Bonchev–Trinajstić information content (AvgIpc) is 2.99. The zero-order chi connectivity index (χ0) is 10.3. The molecule has 3 fully saturated rings. The van der Waals surface area contributed by atoms with Crippen molar-refractivity contribution in [2.75, 3.05) is 13.1 Å². The van der Waals surface area contributed by atoms with Gasteiger partial charge in [-0.15, -0.1) is 0 Å². The van der Waals surface area contributed by atoms with E-state index in [4.69, 9.17) is 5.73 Å². The maximum Gasteiger partial charge on any atom is 0.0304 e. The number of hydrogen-bond acceptors (Lipinski definition) is 2. The van der Waals surface area contributed by atoms with Gasteiger partial charge >= 0.3 is 0 Å². The highest BCUT2D eigenvalue weighted by Crippen LogP contribution is 2.49. The number of nitrogens with two attached hydrogens (primary N) is 1. The third-order valence-corrected chi connectivity index (χ3v) is 4.87. The zero-order valence-corrected chi connectivity index (χ0v) is 9.67. The van der Waals surface area contributed by atoms with Crippen molar-refractivity contribution in [2.45, 2.75) is 50.5 Å². The molecule has 3 N–H and O–H groups in total. The van der Waals surface area contributed by atoms with Gasteiger partial charge in [-0.05, 0) is 69.2 Å². The van der Waals surface area contributed by atoms with Gasteiger partial charge < -0.3 is 11.1 Å². The summed E-state index contributed by atoms with van der Waals surface area (Å²) in [5.74, 6) is 3.13. The first-order valence-electron chi connectivity index (χ1n) is 6.78. The minimum absolute atomic E-state index is 0.349. The van der Waals surface area contributed by atoms with Crippen LogP contribution in [0.25, 0.3) is 0 Å². The summed E-state index contributed by atoms with van der Waals surface area (Å²) in [7, 11) is 0. The molecule has 3 aliphatic carbocycles. The monoisotopic (exact) mass is 208 g/mol. The minimum atomic E-state index is 0.349. The van der Waals surface area contributed by atoms with Crippen LogP contribution in [-0.4, -0.2) is 18.6 Å². The first-order valence-corrected chi connectivity index (χ1v) is 6.78. The van der Waals surface area contributed by atoms with Crippen molar-refractivity contribution < 1.29 is 0 Å². The Kier molecular flexibility index (Phi) is 2.52. The molecule has 0 radical (unpaired) electrons. The fourth-order valence-electron chi connectivity index (χ4n) is 3.16. The van der Waals surface area contributed by atoms with Gasteiger partial charge in [-0.2, -0.15) is 0 Å². The van der Waals surface area contributed by atoms with Gasteiger partial charge in [0.2, 0.25) is 0 Å². The lowest BCUT2D eigenvalue weighted by molar-refractivity contribution is 0.175. The molecule has 0 amide bonds. The fraction of sp³-hybridized carbons (Fsp3) is 1.00. The van der Waals surface area contributed by atoms with Crippen molar-refractivity contribution in [1.29, 1.82) is 0 Å². The largest absolute Gasteiger partial charge is 0.329 e. The summed E-state index contributed by atoms with van der Waals surface area (Å²) in [6.07, 6.45) is 9.99. The molecule has 0 heterocycles. The molecule has 0 aromatic heterocycles. The molecule has 86 valence electrons. The summed E-state index contributed by atoms with van der Waals surface area (Å²) in [4.78, 5) is 0. The summed E-state index contributed by atoms with van der Waals surface area (Å²) in [5.41, 5.74) is 6.23. The van der Waals surface area contributed by atoms with Crippen LogP contribution in [0.15, 0.2) is 0 Å². The summed E-state index contributed by atoms with van der Waals surface area (Å²) < 4.78 is 0. The van der Waals surface area contributed by atoms with Crippen LogP contribution in [0.5, 0.6) is 0 Å². The minimum Gasteiger partial charge on any atom is -0.329 e. The molecule has 0 atom stereocenters. The quantitative estimate of drug-likeness (QED) is 0.699. The Morgan fingerprint density at radius 3 is 2.07 bits per heavy atom. The van der Waals surface area contributed by atoms with Crippen LogP contribution in [0.2, 0.25) is 0 Å². The molecule has 0 aromatic rings. The molecular weight excluding hydrogens is 184 g/mol. The average molecular weight is 208 g/mol. The lowest BCUT2D eigenvalue weighted by atomic mass is 9.76. The smallest absolute Gasteiger partial charge is 0.0304 e. The molecule has 3 aliphatic rings. The maximum absolute atomic E-state index is 5.88. The van der Waals surface area contributed by atoms with Gasteiger partial charge in [-0.3, -0.25) is 0 Å². The van der Waals surface area contributed by atoms with Gasteiger partial charge in [-0.1, -0.05) is 0 Å². The third kappa shape index (κ3) is 2.07. The molecule has 0 unspecified atom stereocenters. The number of nitrogens with one attached hydrogen (secondary N) is 1. The summed E-state index contributed by atoms with van der Waals surface area (Å²) in [5, 5.41) is 3.80. The van der Waals surface area contributed by atoms with Crippen molar-refractivity contribution in [1.82, 2.24) is 5.32 Å². The van der Waals surface area contributed by atoms with Crippen LogP contribution in [0, 0.1) is 17.8 Å². The van der Waals surface area contributed by atoms with E-state index in [1.165, 1.54) is 51.5 Å². The molecule has 3 rings (SSSR count). The van der Waals surface area contributed by atoms with Crippen molar-refractivity contribution in [3.8, 4) is 0 Å². The fourth-order valence-corrected chi connectivity index (χ4v) is 3.16. The van der Waals surface area contributed by atoms with Crippen LogP contribution in [0.1, 0.15) is 44.9 Å². The summed E-state index contributed by atoms with van der Waals surface area (Å²) in [6.45, 7) is 2.10. The van der Waals surface area contributed by atoms with Crippen molar-refractivity contribution in [3.05, 3.63) is 0 Å². The van der Waals surface area contributed by atoms with E-state index in [1.54, 1.807) is 0 Å². The van der Waals surface area contributed by atoms with E-state index in [1.807, 2.05) is 0 Å². The SMILES string of the molecule is NCC1(NCC(C2CC2)C2CC2)CCC1. The Balaban J connectivity index is 1.50. The topological polar surface area (TPSA) is 38.0 Å². The van der Waals surface area contributed by atoms with E-state index in [9.17, 15) is 0 Å². The van der Waals surface area contributed by atoms with Crippen LogP contribution in [0.4, 0.5) is 0 Å². The Hall–Kier alpha value is -0.0800. The standard InChI is InChI=1S/C13H24N2/c14-9-13(6-1-7-13)15-8-12(10-2-3-10)11-4-5-11/h10-12,15H,1-9,14H2. The first kappa shape index (κ1) is 10.1. The number of rotatable bonds is 6. The molecule has 0 saturated heterocycles. The number of hydrogen-bond donors (Lipinski definition) is 2. The molecule has 2 heteroatoms. The molecule has 0 spiro atoms. The maximum atomic E-state index is 5.88. The third-order valence-electron chi connectivity index (χ3n) is 4.87. The molecule has 0 bridgehead atoms. The molecule has 3 saturated carbocycles. The summed E-state index contributed by atoms with van der Waals surface area (Å²) >= 11 is 0. The highest BCUT2D eigenvalue weighted by molar-refractivity contribution is 4.99. The lowest BCUT2D eigenvalue weighted by Gasteiger charge is -2.43. The highest BCUT2D eigenvalue weighted by atomic mass is 15.0. The predicted octanol–water partition coefficient (Wildman–Crippen LogP) is 1.89. The molecular formula is C13H24N2. The highest BCUT2D eigenvalue weighted by Gasteiger charge is 2.43. The van der Waals surface area contributed by atoms with E-state index >= 15 is 0 Å².